The minimum atomic E-state index is -3.67. The number of hydrogen-bond acceptors (Lipinski definition) is 4. The first kappa shape index (κ1) is 16.5. The zero-order chi connectivity index (χ0) is 17.3. The summed E-state index contributed by atoms with van der Waals surface area (Å²) in [6.45, 7) is 2.44. The number of fused-ring (bicyclic) bond motifs is 1. The molecule has 126 valence electrons. The summed E-state index contributed by atoms with van der Waals surface area (Å²) < 4.78 is 33.6. The van der Waals surface area contributed by atoms with Crippen molar-refractivity contribution in [2.75, 3.05) is 6.54 Å². The number of nitrogens with zero attached hydrogens (tertiary/aromatic N) is 2. The normalized spacial score (nSPS) is 12.1. The van der Waals surface area contributed by atoms with Crippen molar-refractivity contribution < 1.29 is 12.8 Å². The predicted octanol–water partition coefficient (Wildman–Crippen LogP) is 2.34. The van der Waals surface area contributed by atoms with Crippen LogP contribution in [0.4, 0.5) is 0 Å². The zero-order valence-corrected chi connectivity index (χ0v) is 14.3. The van der Waals surface area contributed by atoms with Gasteiger partial charge in [0.05, 0.1) is 10.4 Å². The second-order valence-electron chi connectivity index (χ2n) is 5.47. The minimum absolute atomic E-state index is 0.143. The van der Waals surface area contributed by atoms with Gasteiger partial charge in [0.15, 0.2) is 5.58 Å². The average molecular weight is 346 g/mol. The quantitative estimate of drug-likeness (QED) is 0.711. The lowest BCUT2D eigenvalue weighted by molar-refractivity contribution is 0.423. The third-order valence-electron chi connectivity index (χ3n) is 3.96. The molecule has 24 heavy (non-hydrogen) atoms. The van der Waals surface area contributed by atoms with Gasteiger partial charge in [-0.1, -0.05) is 37.3 Å². The lowest BCUT2D eigenvalue weighted by Crippen LogP contribution is -2.30. The second kappa shape index (κ2) is 6.26. The average Bonchev–Trinajstić information content (AvgIpc) is 2.87. The second-order valence-corrected chi connectivity index (χ2v) is 7.41. The standard InChI is InChI=1S/C17H18N2O4S/c1-3-19(12-13-7-5-4-6-8-13)24(21,22)14-9-10-16-15(11-14)18(2)17(20)23-16/h4-11H,3,12H2,1-2H3. The Labute approximate surface area is 140 Å². The fourth-order valence-corrected chi connectivity index (χ4v) is 4.03. The molecule has 0 N–H and O–H groups in total. The van der Waals surface area contributed by atoms with Gasteiger partial charge >= 0.3 is 5.76 Å². The Bertz CT molecular complexity index is 1020. The van der Waals surface area contributed by atoms with Gasteiger partial charge in [-0.05, 0) is 23.8 Å². The van der Waals surface area contributed by atoms with Crippen molar-refractivity contribution in [2.24, 2.45) is 7.05 Å². The van der Waals surface area contributed by atoms with Crippen molar-refractivity contribution >= 4 is 21.1 Å². The van der Waals surface area contributed by atoms with Crippen molar-refractivity contribution in [1.82, 2.24) is 8.87 Å². The van der Waals surface area contributed by atoms with Gasteiger partial charge in [-0.15, -0.1) is 0 Å². The lowest BCUT2D eigenvalue weighted by atomic mass is 10.2. The van der Waals surface area contributed by atoms with E-state index < -0.39 is 15.8 Å². The topological polar surface area (TPSA) is 72.5 Å². The molecule has 0 aliphatic rings. The molecule has 0 unspecified atom stereocenters. The maximum absolute atomic E-state index is 12.9. The summed E-state index contributed by atoms with van der Waals surface area (Å²) in [5.41, 5.74) is 1.74. The fourth-order valence-electron chi connectivity index (χ4n) is 2.57. The molecule has 0 bridgehead atoms. The number of aryl methyl sites for hydroxylation is 1. The summed E-state index contributed by atoms with van der Waals surface area (Å²) >= 11 is 0. The third kappa shape index (κ3) is 2.88. The molecule has 0 fully saturated rings. The number of sulfonamides is 1. The summed E-state index contributed by atoms with van der Waals surface area (Å²) in [7, 11) is -2.12. The number of hydrogen-bond donors (Lipinski definition) is 0. The number of aromatic nitrogens is 1. The molecule has 0 aliphatic carbocycles. The molecule has 1 aromatic heterocycles. The van der Waals surface area contributed by atoms with Crippen molar-refractivity contribution in [3.05, 3.63) is 64.6 Å². The Balaban J connectivity index is 2.02. The van der Waals surface area contributed by atoms with E-state index in [0.29, 0.717) is 24.2 Å². The van der Waals surface area contributed by atoms with E-state index in [1.165, 1.54) is 27.1 Å². The van der Waals surface area contributed by atoms with Gasteiger partial charge in [0.1, 0.15) is 0 Å². The summed E-state index contributed by atoms with van der Waals surface area (Å²) in [5, 5.41) is 0. The van der Waals surface area contributed by atoms with E-state index in [1.807, 2.05) is 30.3 Å². The summed E-state index contributed by atoms with van der Waals surface area (Å²) in [6.07, 6.45) is 0. The molecule has 0 radical (unpaired) electrons. The predicted molar refractivity (Wildman–Crippen MR) is 91.2 cm³/mol. The molecule has 0 saturated heterocycles. The Morgan fingerprint density at radius 2 is 1.83 bits per heavy atom. The first-order valence-electron chi connectivity index (χ1n) is 7.57. The van der Waals surface area contributed by atoms with Gasteiger partial charge in [0, 0.05) is 20.1 Å². The van der Waals surface area contributed by atoms with E-state index >= 15 is 0 Å². The molecule has 0 aliphatic heterocycles. The molecule has 2 aromatic carbocycles. The zero-order valence-electron chi connectivity index (χ0n) is 13.5. The lowest BCUT2D eigenvalue weighted by Gasteiger charge is -2.20. The summed E-state index contributed by atoms with van der Waals surface area (Å²) in [5.74, 6) is -0.517. The van der Waals surface area contributed by atoms with Crippen LogP contribution in [0.15, 0.2) is 62.6 Å². The Morgan fingerprint density at radius 3 is 2.50 bits per heavy atom. The highest BCUT2D eigenvalue weighted by atomic mass is 32.2. The van der Waals surface area contributed by atoms with Gasteiger partial charge in [-0.3, -0.25) is 4.57 Å². The molecular weight excluding hydrogens is 328 g/mol. The van der Waals surface area contributed by atoms with Crippen molar-refractivity contribution in [3.8, 4) is 0 Å². The first-order chi connectivity index (χ1) is 11.4. The van der Waals surface area contributed by atoms with Gasteiger partial charge < -0.3 is 4.42 Å². The molecular formula is C17H18N2O4S. The largest absolute Gasteiger partial charge is 0.419 e. The Morgan fingerprint density at radius 1 is 1.12 bits per heavy atom. The molecule has 6 nitrogen and oxygen atoms in total. The Kier molecular flexibility index (Phi) is 4.29. The van der Waals surface area contributed by atoms with Crippen LogP contribution in [0.5, 0.6) is 0 Å². The van der Waals surface area contributed by atoms with E-state index in [1.54, 1.807) is 14.0 Å². The molecule has 0 amide bonds. The molecule has 1 heterocycles. The van der Waals surface area contributed by atoms with E-state index in [4.69, 9.17) is 4.42 Å². The van der Waals surface area contributed by atoms with Crippen LogP contribution in [-0.2, 0) is 23.6 Å². The van der Waals surface area contributed by atoms with E-state index in [0.717, 1.165) is 5.56 Å². The molecule has 7 heteroatoms. The van der Waals surface area contributed by atoms with Gasteiger partial charge in [0.2, 0.25) is 10.0 Å². The van der Waals surface area contributed by atoms with Gasteiger partial charge in [0.25, 0.3) is 0 Å². The van der Waals surface area contributed by atoms with Crippen LogP contribution >= 0.6 is 0 Å². The van der Waals surface area contributed by atoms with Crippen LogP contribution in [0.3, 0.4) is 0 Å². The van der Waals surface area contributed by atoms with E-state index in [2.05, 4.69) is 0 Å². The first-order valence-corrected chi connectivity index (χ1v) is 9.01. The number of oxazole rings is 1. The van der Waals surface area contributed by atoms with Gasteiger partial charge in [-0.2, -0.15) is 4.31 Å². The van der Waals surface area contributed by atoms with Crippen LogP contribution in [0.25, 0.3) is 11.1 Å². The maximum atomic E-state index is 12.9. The monoisotopic (exact) mass is 346 g/mol. The number of benzene rings is 2. The molecule has 0 atom stereocenters. The minimum Gasteiger partial charge on any atom is -0.408 e. The maximum Gasteiger partial charge on any atom is 0.419 e. The SMILES string of the molecule is CCN(Cc1ccccc1)S(=O)(=O)c1ccc2oc(=O)n(C)c2c1. The molecule has 0 saturated carbocycles. The summed E-state index contributed by atoms with van der Waals surface area (Å²) in [4.78, 5) is 11.7. The van der Waals surface area contributed by atoms with Crippen LogP contribution in [0, 0.1) is 0 Å². The van der Waals surface area contributed by atoms with Crippen LogP contribution in [0.2, 0.25) is 0 Å². The highest BCUT2D eigenvalue weighted by Crippen LogP contribution is 2.22. The number of rotatable bonds is 5. The highest BCUT2D eigenvalue weighted by molar-refractivity contribution is 7.89. The fraction of sp³-hybridized carbons (Fsp3) is 0.235. The van der Waals surface area contributed by atoms with E-state index in [9.17, 15) is 13.2 Å². The molecule has 3 rings (SSSR count). The van der Waals surface area contributed by atoms with Crippen LogP contribution < -0.4 is 5.76 Å². The van der Waals surface area contributed by atoms with Crippen LogP contribution in [-0.4, -0.2) is 23.8 Å². The van der Waals surface area contributed by atoms with Gasteiger partial charge in [-0.25, -0.2) is 13.2 Å². The molecule has 3 aromatic rings. The summed E-state index contributed by atoms with van der Waals surface area (Å²) in [6, 6.07) is 13.9. The third-order valence-corrected chi connectivity index (χ3v) is 5.87. The Hall–Kier alpha value is -2.38. The van der Waals surface area contributed by atoms with Crippen LogP contribution in [0.1, 0.15) is 12.5 Å². The van der Waals surface area contributed by atoms with Crippen molar-refractivity contribution in [1.29, 1.82) is 0 Å². The van der Waals surface area contributed by atoms with E-state index in [-0.39, 0.29) is 4.90 Å². The molecule has 0 spiro atoms. The van der Waals surface area contributed by atoms with Crippen molar-refractivity contribution in [3.63, 3.8) is 0 Å². The smallest absolute Gasteiger partial charge is 0.408 e. The highest BCUT2D eigenvalue weighted by Gasteiger charge is 2.24. The van der Waals surface area contributed by atoms with Crippen molar-refractivity contribution in [2.45, 2.75) is 18.4 Å².